The van der Waals surface area contributed by atoms with Crippen LogP contribution in [0.5, 0.6) is 11.5 Å². The first kappa shape index (κ1) is 13.2. The fourth-order valence-electron chi connectivity index (χ4n) is 2.77. The third-order valence-electron chi connectivity index (χ3n) is 4.06. The Labute approximate surface area is 117 Å². The lowest BCUT2D eigenvalue weighted by Crippen LogP contribution is -2.63. The molecule has 108 valence electrons. The number of rotatable bonds is 2. The third kappa shape index (κ3) is 2.32. The number of phenolic OH excluding ortho intramolecular Hbond substituents is 2. The summed E-state index contributed by atoms with van der Waals surface area (Å²) >= 11 is 0. The summed E-state index contributed by atoms with van der Waals surface area (Å²) < 4.78 is 0. The summed E-state index contributed by atoms with van der Waals surface area (Å²) in [5.74, 6) is -0.803. The average molecular weight is 277 g/mol. The Kier molecular flexibility index (Phi) is 3.50. The molecule has 0 aliphatic carbocycles. The Hall–Kier alpha value is -1.79. The number of para-hydroxylation sites is 1. The van der Waals surface area contributed by atoms with Gasteiger partial charge >= 0.3 is 0 Å². The van der Waals surface area contributed by atoms with Crippen molar-refractivity contribution in [1.29, 1.82) is 0 Å². The normalized spacial score (nSPS) is 20.7. The summed E-state index contributed by atoms with van der Waals surface area (Å²) in [5.41, 5.74) is 0.170. The SMILES string of the molecule is O=C(c1cccc(O)c1O)N1CC(N2CCNCC2)C1. The molecule has 0 atom stereocenters. The smallest absolute Gasteiger partial charge is 0.257 e. The largest absolute Gasteiger partial charge is 0.504 e. The number of hydrogen-bond donors (Lipinski definition) is 3. The number of likely N-dealkylation sites (tertiary alicyclic amines) is 1. The first-order valence-electron chi connectivity index (χ1n) is 6.92. The summed E-state index contributed by atoms with van der Waals surface area (Å²) in [6, 6.07) is 4.89. The van der Waals surface area contributed by atoms with Crippen LogP contribution in [0.15, 0.2) is 18.2 Å². The van der Waals surface area contributed by atoms with Crippen LogP contribution in [0.25, 0.3) is 0 Å². The highest BCUT2D eigenvalue weighted by Crippen LogP contribution is 2.30. The second-order valence-corrected chi connectivity index (χ2v) is 5.32. The van der Waals surface area contributed by atoms with E-state index in [0.29, 0.717) is 19.1 Å². The van der Waals surface area contributed by atoms with Gasteiger partial charge in [-0.2, -0.15) is 0 Å². The predicted octanol–water partition coefficient (Wildman–Crippen LogP) is -0.173. The van der Waals surface area contributed by atoms with Crippen LogP contribution >= 0.6 is 0 Å². The first-order chi connectivity index (χ1) is 9.66. The molecule has 2 aliphatic heterocycles. The highest BCUT2D eigenvalue weighted by atomic mass is 16.3. The first-order valence-corrected chi connectivity index (χ1v) is 6.92. The second-order valence-electron chi connectivity index (χ2n) is 5.32. The Morgan fingerprint density at radius 2 is 1.90 bits per heavy atom. The number of aromatic hydroxyl groups is 2. The van der Waals surface area contributed by atoms with E-state index in [-0.39, 0.29) is 23.0 Å². The highest BCUT2D eigenvalue weighted by Gasteiger charge is 2.36. The predicted molar refractivity (Wildman–Crippen MR) is 73.9 cm³/mol. The molecule has 1 amide bonds. The van der Waals surface area contributed by atoms with Crippen LogP contribution in [0.4, 0.5) is 0 Å². The van der Waals surface area contributed by atoms with Gasteiger partial charge in [-0.25, -0.2) is 0 Å². The lowest BCUT2D eigenvalue weighted by atomic mass is 10.0. The van der Waals surface area contributed by atoms with Crippen molar-refractivity contribution in [3.8, 4) is 11.5 Å². The molecule has 2 fully saturated rings. The number of phenols is 2. The summed E-state index contributed by atoms with van der Waals surface area (Å²) in [4.78, 5) is 16.4. The van der Waals surface area contributed by atoms with Gasteiger partial charge in [0.25, 0.3) is 5.91 Å². The molecule has 0 spiro atoms. The molecule has 0 unspecified atom stereocenters. The maximum absolute atomic E-state index is 12.3. The zero-order valence-electron chi connectivity index (χ0n) is 11.2. The average Bonchev–Trinajstić information content (AvgIpc) is 2.41. The van der Waals surface area contributed by atoms with Crippen LogP contribution in [-0.2, 0) is 0 Å². The number of amides is 1. The summed E-state index contributed by atoms with van der Waals surface area (Å²) in [7, 11) is 0. The number of carbonyl (C=O) groups excluding carboxylic acids is 1. The summed E-state index contributed by atoms with van der Waals surface area (Å²) in [6.45, 7) is 5.41. The molecule has 3 N–H and O–H groups in total. The van der Waals surface area contributed by atoms with Gasteiger partial charge in [0.1, 0.15) is 0 Å². The van der Waals surface area contributed by atoms with Gasteiger partial charge in [0.15, 0.2) is 11.5 Å². The van der Waals surface area contributed by atoms with E-state index in [1.165, 1.54) is 12.1 Å². The van der Waals surface area contributed by atoms with Crippen molar-refractivity contribution in [2.45, 2.75) is 6.04 Å². The van der Waals surface area contributed by atoms with E-state index in [0.717, 1.165) is 26.2 Å². The minimum absolute atomic E-state index is 0.170. The Morgan fingerprint density at radius 1 is 1.20 bits per heavy atom. The lowest BCUT2D eigenvalue weighted by molar-refractivity contribution is 0.0224. The minimum atomic E-state index is -0.330. The van der Waals surface area contributed by atoms with E-state index in [1.54, 1.807) is 11.0 Å². The van der Waals surface area contributed by atoms with Crippen LogP contribution < -0.4 is 5.32 Å². The summed E-state index contributed by atoms with van der Waals surface area (Å²) in [5, 5.41) is 22.5. The van der Waals surface area contributed by atoms with Crippen molar-refractivity contribution in [2.24, 2.45) is 0 Å². The van der Waals surface area contributed by atoms with Gasteiger partial charge in [0.05, 0.1) is 5.56 Å². The molecular formula is C14H19N3O3. The van der Waals surface area contributed by atoms with Gasteiger partial charge in [-0.05, 0) is 12.1 Å². The monoisotopic (exact) mass is 277 g/mol. The maximum atomic E-state index is 12.3. The molecule has 0 aromatic heterocycles. The number of carbonyl (C=O) groups is 1. The zero-order chi connectivity index (χ0) is 14.1. The van der Waals surface area contributed by atoms with Crippen LogP contribution in [0, 0.1) is 0 Å². The molecule has 0 saturated carbocycles. The number of nitrogens with one attached hydrogen (secondary N) is 1. The zero-order valence-corrected chi connectivity index (χ0v) is 11.2. The number of nitrogens with zero attached hydrogens (tertiary/aromatic N) is 2. The fraction of sp³-hybridized carbons (Fsp3) is 0.500. The molecule has 1 aromatic rings. The van der Waals surface area contributed by atoms with Crippen molar-refractivity contribution in [2.75, 3.05) is 39.3 Å². The molecular weight excluding hydrogens is 258 g/mol. The van der Waals surface area contributed by atoms with Crippen molar-refractivity contribution in [3.63, 3.8) is 0 Å². The molecule has 20 heavy (non-hydrogen) atoms. The number of hydrogen-bond acceptors (Lipinski definition) is 5. The Morgan fingerprint density at radius 3 is 2.60 bits per heavy atom. The highest BCUT2D eigenvalue weighted by molar-refractivity contribution is 5.98. The van der Waals surface area contributed by atoms with Gasteiger partial charge in [0, 0.05) is 45.3 Å². The van der Waals surface area contributed by atoms with Crippen molar-refractivity contribution < 1.29 is 15.0 Å². The quantitative estimate of drug-likeness (QED) is 0.654. The van der Waals surface area contributed by atoms with Crippen molar-refractivity contribution in [1.82, 2.24) is 15.1 Å². The van der Waals surface area contributed by atoms with E-state index >= 15 is 0 Å². The standard InChI is InChI=1S/C14H19N3O3/c18-12-3-1-2-11(13(12)19)14(20)17-8-10(9-17)16-6-4-15-5-7-16/h1-3,10,15,18-19H,4-9H2. The summed E-state index contributed by atoms with van der Waals surface area (Å²) in [6.07, 6.45) is 0. The van der Waals surface area contributed by atoms with Crippen LogP contribution in [-0.4, -0.2) is 71.2 Å². The molecule has 2 heterocycles. The topological polar surface area (TPSA) is 76.0 Å². The number of piperazine rings is 1. The van der Waals surface area contributed by atoms with E-state index in [4.69, 9.17) is 0 Å². The van der Waals surface area contributed by atoms with Gasteiger partial charge < -0.3 is 20.4 Å². The molecule has 2 aliphatic rings. The third-order valence-corrected chi connectivity index (χ3v) is 4.06. The van der Waals surface area contributed by atoms with Crippen LogP contribution in [0.1, 0.15) is 10.4 Å². The van der Waals surface area contributed by atoms with E-state index < -0.39 is 0 Å². The van der Waals surface area contributed by atoms with Gasteiger partial charge in [-0.3, -0.25) is 9.69 Å². The maximum Gasteiger partial charge on any atom is 0.257 e. The molecule has 3 rings (SSSR count). The van der Waals surface area contributed by atoms with Crippen molar-refractivity contribution in [3.05, 3.63) is 23.8 Å². The second kappa shape index (κ2) is 5.30. The van der Waals surface area contributed by atoms with Gasteiger partial charge in [0.2, 0.25) is 0 Å². The van der Waals surface area contributed by atoms with E-state index in [1.807, 2.05) is 0 Å². The molecule has 1 aromatic carbocycles. The fourth-order valence-corrected chi connectivity index (χ4v) is 2.77. The number of benzene rings is 1. The Balaban J connectivity index is 1.61. The van der Waals surface area contributed by atoms with Gasteiger partial charge in [-0.1, -0.05) is 6.07 Å². The Bertz CT molecular complexity index is 508. The van der Waals surface area contributed by atoms with Crippen LogP contribution in [0.3, 0.4) is 0 Å². The molecule has 2 saturated heterocycles. The van der Waals surface area contributed by atoms with Crippen LogP contribution in [0.2, 0.25) is 0 Å². The molecule has 6 nitrogen and oxygen atoms in total. The minimum Gasteiger partial charge on any atom is -0.504 e. The molecule has 0 bridgehead atoms. The lowest BCUT2D eigenvalue weighted by Gasteiger charge is -2.46. The van der Waals surface area contributed by atoms with Crippen molar-refractivity contribution >= 4 is 5.91 Å². The molecule has 0 radical (unpaired) electrons. The van der Waals surface area contributed by atoms with E-state index in [9.17, 15) is 15.0 Å². The van der Waals surface area contributed by atoms with E-state index in [2.05, 4.69) is 10.2 Å². The van der Waals surface area contributed by atoms with Gasteiger partial charge in [-0.15, -0.1) is 0 Å². The molecule has 6 heteroatoms.